The third-order valence-electron chi connectivity index (χ3n) is 11.4. The van der Waals surface area contributed by atoms with Crippen LogP contribution in [0.1, 0.15) is 11.1 Å². The SMILES string of the molecule is c1ccc(-c2cc(-c3cccc(-c4cccc(-c5nc(-c6ccccc6)nc(-c6cccc7c6Cc6c(-c8ccccc8)cccc6-7)n5)c4)c3)nc(-c3ccccc3)n2)cc1. The predicted molar refractivity (Wildman–Crippen MR) is 247 cm³/mol. The van der Waals surface area contributed by atoms with Crippen molar-refractivity contribution in [2.24, 2.45) is 0 Å². The van der Waals surface area contributed by atoms with Crippen molar-refractivity contribution >= 4 is 0 Å². The van der Waals surface area contributed by atoms with E-state index in [-0.39, 0.29) is 0 Å². The molecule has 11 rings (SSSR count). The summed E-state index contributed by atoms with van der Waals surface area (Å²) in [6, 6.07) is 73.5. The summed E-state index contributed by atoms with van der Waals surface area (Å²) in [5.41, 5.74) is 17.3. The van der Waals surface area contributed by atoms with Gasteiger partial charge in [-0.2, -0.15) is 0 Å². The standard InChI is InChI=1S/C56H37N5/c1-5-17-37(18-6-1)45-29-15-30-46-47-31-16-32-48(50(47)35-49(45)46)56-60-54(40-23-11-4-12-24-40)59-55(61-56)44-28-14-26-42(34-44)41-25-13-27-43(33-41)52-36-51(38-19-7-2-8-20-38)57-53(58-52)39-21-9-3-10-22-39/h1-34,36H,35H2. The molecule has 5 heteroatoms. The Balaban J connectivity index is 0.996. The number of hydrogen-bond donors (Lipinski definition) is 0. The predicted octanol–water partition coefficient (Wildman–Crippen LogP) is 13.6. The van der Waals surface area contributed by atoms with Crippen LogP contribution in [0.2, 0.25) is 0 Å². The zero-order chi connectivity index (χ0) is 40.5. The maximum atomic E-state index is 5.26. The fourth-order valence-corrected chi connectivity index (χ4v) is 8.44. The van der Waals surface area contributed by atoms with Gasteiger partial charge in [-0.3, -0.25) is 0 Å². The molecule has 1 aliphatic carbocycles. The molecule has 0 amide bonds. The van der Waals surface area contributed by atoms with Crippen molar-refractivity contribution in [1.29, 1.82) is 0 Å². The van der Waals surface area contributed by atoms with Crippen LogP contribution in [0.25, 0.3) is 101 Å². The molecule has 2 aromatic heterocycles. The third-order valence-corrected chi connectivity index (χ3v) is 11.4. The summed E-state index contributed by atoms with van der Waals surface area (Å²) in [7, 11) is 0. The van der Waals surface area contributed by atoms with E-state index >= 15 is 0 Å². The Kier molecular flexibility index (Phi) is 9.17. The lowest BCUT2D eigenvalue weighted by atomic mass is 9.96. The van der Waals surface area contributed by atoms with E-state index < -0.39 is 0 Å². The Morgan fingerprint density at radius 3 is 1.21 bits per heavy atom. The second kappa shape index (κ2) is 15.6. The summed E-state index contributed by atoms with van der Waals surface area (Å²) < 4.78 is 0. The monoisotopic (exact) mass is 779 g/mol. The highest BCUT2D eigenvalue weighted by molar-refractivity contribution is 5.89. The maximum Gasteiger partial charge on any atom is 0.164 e. The zero-order valence-corrected chi connectivity index (χ0v) is 33.2. The molecule has 0 bridgehead atoms. The normalized spacial score (nSPS) is 11.5. The summed E-state index contributed by atoms with van der Waals surface area (Å²) in [5.74, 6) is 2.61. The molecule has 0 saturated carbocycles. The summed E-state index contributed by atoms with van der Waals surface area (Å²) >= 11 is 0. The molecule has 5 nitrogen and oxygen atoms in total. The van der Waals surface area contributed by atoms with Crippen molar-refractivity contribution in [2.75, 3.05) is 0 Å². The lowest BCUT2D eigenvalue weighted by Crippen LogP contribution is -2.02. The van der Waals surface area contributed by atoms with Crippen molar-refractivity contribution in [3.8, 4) is 101 Å². The highest BCUT2D eigenvalue weighted by atomic mass is 15.0. The Bertz CT molecular complexity index is 3150. The van der Waals surface area contributed by atoms with E-state index in [2.05, 4.69) is 158 Å². The van der Waals surface area contributed by atoms with Crippen molar-refractivity contribution in [3.05, 3.63) is 223 Å². The second-order valence-corrected chi connectivity index (χ2v) is 15.2. The molecule has 8 aromatic carbocycles. The van der Waals surface area contributed by atoms with Gasteiger partial charge in [-0.1, -0.05) is 194 Å². The first-order chi connectivity index (χ1) is 30.2. The average molecular weight is 780 g/mol. The van der Waals surface area contributed by atoms with Crippen LogP contribution in [0.15, 0.2) is 212 Å². The van der Waals surface area contributed by atoms with Gasteiger partial charge in [-0.15, -0.1) is 0 Å². The molecule has 10 aromatic rings. The molecule has 1 aliphatic rings. The van der Waals surface area contributed by atoms with Gasteiger partial charge >= 0.3 is 0 Å². The average Bonchev–Trinajstić information content (AvgIpc) is 3.74. The van der Waals surface area contributed by atoms with Crippen molar-refractivity contribution < 1.29 is 0 Å². The number of rotatable bonds is 8. The van der Waals surface area contributed by atoms with Gasteiger partial charge in [0.2, 0.25) is 0 Å². The lowest BCUT2D eigenvalue weighted by Gasteiger charge is -2.12. The van der Waals surface area contributed by atoms with Gasteiger partial charge in [0.15, 0.2) is 23.3 Å². The summed E-state index contributed by atoms with van der Waals surface area (Å²) in [6.45, 7) is 0. The van der Waals surface area contributed by atoms with Gasteiger partial charge in [0.1, 0.15) is 0 Å². The molecule has 0 atom stereocenters. The molecule has 0 aliphatic heterocycles. The Morgan fingerprint density at radius 2 is 0.607 bits per heavy atom. The van der Waals surface area contributed by atoms with E-state index in [4.69, 9.17) is 24.9 Å². The lowest BCUT2D eigenvalue weighted by molar-refractivity contribution is 1.07. The molecule has 0 radical (unpaired) electrons. The van der Waals surface area contributed by atoms with Crippen LogP contribution in [0.4, 0.5) is 0 Å². The summed E-state index contributed by atoms with van der Waals surface area (Å²) in [4.78, 5) is 25.6. The maximum absolute atomic E-state index is 5.26. The van der Waals surface area contributed by atoms with Crippen LogP contribution in [-0.2, 0) is 6.42 Å². The molecule has 0 unspecified atom stereocenters. The zero-order valence-electron chi connectivity index (χ0n) is 33.2. The fourth-order valence-electron chi connectivity index (χ4n) is 8.44. The number of fused-ring (bicyclic) bond motifs is 3. The van der Waals surface area contributed by atoms with Gasteiger partial charge in [-0.05, 0) is 62.7 Å². The van der Waals surface area contributed by atoms with E-state index in [1.54, 1.807) is 0 Å². The van der Waals surface area contributed by atoms with E-state index in [1.165, 1.54) is 33.4 Å². The van der Waals surface area contributed by atoms with E-state index in [0.29, 0.717) is 23.3 Å². The minimum Gasteiger partial charge on any atom is -0.228 e. The van der Waals surface area contributed by atoms with Gasteiger partial charge in [0, 0.05) is 39.8 Å². The number of nitrogens with zero attached hydrogens (tertiary/aromatic N) is 5. The molecular formula is C56H37N5. The van der Waals surface area contributed by atoms with E-state index in [0.717, 1.165) is 62.3 Å². The van der Waals surface area contributed by atoms with Crippen LogP contribution in [-0.4, -0.2) is 24.9 Å². The van der Waals surface area contributed by atoms with Crippen molar-refractivity contribution in [2.45, 2.75) is 6.42 Å². The van der Waals surface area contributed by atoms with E-state index in [1.807, 2.05) is 54.6 Å². The highest BCUT2D eigenvalue weighted by Crippen LogP contribution is 2.45. The smallest absolute Gasteiger partial charge is 0.164 e. The Morgan fingerprint density at radius 1 is 0.230 bits per heavy atom. The quantitative estimate of drug-likeness (QED) is 0.154. The van der Waals surface area contributed by atoms with E-state index in [9.17, 15) is 0 Å². The highest BCUT2D eigenvalue weighted by Gasteiger charge is 2.26. The van der Waals surface area contributed by atoms with Gasteiger partial charge in [-0.25, -0.2) is 24.9 Å². The van der Waals surface area contributed by atoms with Crippen LogP contribution in [0, 0.1) is 0 Å². The molecule has 0 spiro atoms. The van der Waals surface area contributed by atoms with Gasteiger partial charge < -0.3 is 0 Å². The number of benzene rings is 8. The minimum atomic E-state index is 0.621. The molecule has 0 saturated heterocycles. The molecular weight excluding hydrogens is 743 g/mol. The first-order valence-electron chi connectivity index (χ1n) is 20.5. The van der Waals surface area contributed by atoms with Crippen LogP contribution >= 0.6 is 0 Å². The number of hydrogen-bond acceptors (Lipinski definition) is 5. The minimum absolute atomic E-state index is 0.621. The summed E-state index contributed by atoms with van der Waals surface area (Å²) in [5, 5.41) is 0. The second-order valence-electron chi connectivity index (χ2n) is 15.2. The molecule has 61 heavy (non-hydrogen) atoms. The molecule has 0 N–H and O–H groups in total. The van der Waals surface area contributed by atoms with Crippen molar-refractivity contribution in [1.82, 2.24) is 24.9 Å². The Hall–Kier alpha value is -8.15. The summed E-state index contributed by atoms with van der Waals surface area (Å²) in [6.07, 6.45) is 0.797. The Labute approximate surface area is 354 Å². The number of aromatic nitrogens is 5. The first-order valence-corrected chi connectivity index (χ1v) is 20.5. The fraction of sp³-hybridized carbons (Fsp3) is 0.0179. The van der Waals surface area contributed by atoms with Gasteiger partial charge in [0.05, 0.1) is 11.4 Å². The first kappa shape index (κ1) is 36.0. The largest absolute Gasteiger partial charge is 0.228 e. The van der Waals surface area contributed by atoms with Gasteiger partial charge in [0.25, 0.3) is 0 Å². The topological polar surface area (TPSA) is 64.5 Å². The van der Waals surface area contributed by atoms with Crippen LogP contribution < -0.4 is 0 Å². The third kappa shape index (κ3) is 6.98. The molecule has 286 valence electrons. The molecule has 0 fully saturated rings. The van der Waals surface area contributed by atoms with Crippen molar-refractivity contribution in [3.63, 3.8) is 0 Å². The van der Waals surface area contributed by atoms with Crippen LogP contribution in [0.5, 0.6) is 0 Å². The molecule has 2 heterocycles. The van der Waals surface area contributed by atoms with Crippen LogP contribution in [0.3, 0.4) is 0 Å².